The number of anilines is 1. The number of alkyl halides is 3. The van der Waals surface area contributed by atoms with Crippen molar-refractivity contribution in [3.63, 3.8) is 0 Å². The molecule has 0 unspecified atom stereocenters. The maximum Gasteiger partial charge on any atom is 0.516 e. The molecule has 0 saturated carbocycles. The minimum Gasteiger partial charge on any atom is -0.346 e. The molecule has 0 bridgehead atoms. The lowest BCUT2D eigenvalue weighted by Crippen LogP contribution is -2.29. The Morgan fingerprint density at radius 2 is 1.97 bits per heavy atom. The largest absolute Gasteiger partial charge is 0.516 e. The third-order valence-corrected chi connectivity index (χ3v) is 6.35. The van der Waals surface area contributed by atoms with Gasteiger partial charge >= 0.3 is 15.5 Å². The number of nitrogens with zero attached hydrogens (tertiary/aromatic N) is 2. The Morgan fingerprint density at radius 3 is 2.67 bits per heavy atom. The summed E-state index contributed by atoms with van der Waals surface area (Å²) in [4.78, 5) is 11.2. The summed E-state index contributed by atoms with van der Waals surface area (Å²) in [6.07, 6.45) is 2.69. The van der Waals surface area contributed by atoms with Gasteiger partial charge in [-0.1, -0.05) is 11.6 Å². The molecule has 0 aliphatic carbocycles. The fourth-order valence-electron chi connectivity index (χ4n) is 2.71. The quantitative estimate of drug-likeness (QED) is 0.386. The van der Waals surface area contributed by atoms with Crippen molar-refractivity contribution in [3.05, 3.63) is 52.9 Å². The second-order valence-electron chi connectivity index (χ2n) is 6.00. The lowest BCUT2D eigenvalue weighted by molar-refractivity contribution is -0.0429. The highest BCUT2D eigenvalue weighted by molar-refractivity contribution is 7.93. The van der Waals surface area contributed by atoms with Crippen molar-refractivity contribution in [2.45, 2.75) is 5.51 Å². The number of aromatic nitrogens is 3. The third-order valence-electron chi connectivity index (χ3n) is 4.06. The van der Waals surface area contributed by atoms with Crippen LogP contribution in [0.4, 0.5) is 23.2 Å². The van der Waals surface area contributed by atoms with Crippen LogP contribution < -0.4 is 4.72 Å². The lowest BCUT2D eigenvalue weighted by Gasteiger charge is -2.11. The van der Waals surface area contributed by atoms with E-state index in [1.807, 2.05) is 0 Å². The maximum atomic E-state index is 14.4. The fraction of sp³-hybridized carbons (Fsp3) is 0.0588. The Morgan fingerprint density at radius 1 is 1.20 bits per heavy atom. The molecule has 0 saturated heterocycles. The molecule has 0 aliphatic rings. The third kappa shape index (κ3) is 3.61. The number of halogens is 5. The maximum absolute atomic E-state index is 14.4. The van der Waals surface area contributed by atoms with Gasteiger partial charge in [-0.05, 0) is 24.3 Å². The van der Waals surface area contributed by atoms with Gasteiger partial charge in [0.1, 0.15) is 10.7 Å². The molecule has 2 N–H and O–H groups in total. The Balaban J connectivity index is 1.69. The van der Waals surface area contributed by atoms with E-state index < -0.39 is 21.3 Å². The predicted octanol–water partition coefficient (Wildman–Crippen LogP) is 5.41. The first-order valence-corrected chi connectivity index (χ1v) is 10.8. The first kappa shape index (κ1) is 20.6. The number of H-pyrrole nitrogens is 1. The van der Waals surface area contributed by atoms with Crippen LogP contribution in [0.15, 0.2) is 42.0 Å². The van der Waals surface area contributed by atoms with Crippen LogP contribution in [0, 0.1) is 5.82 Å². The number of sulfonamides is 1. The van der Waals surface area contributed by atoms with Gasteiger partial charge in [-0.3, -0.25) is 4.72 Å². The summed E-state index contributed by atoms with van der Waals surface area (Å²) >= 11 is 7.28. The fourth-order valence-corrected chi connectivity index (χ4v) is 4.42. The Bertz CT molecular complexity index is 1370. The summed E-state index contributed by atoms with van der Waals surface area (Å²) in [6.45, 7) is 0. The monoisotopic (exact) mass is 476 g/mol. The van der Waals surface area contributed by atoms with Crippen LogP contribution >= 0.6 is 22.9 Å². The summed E-state index contributed by atoms with van der Waals surface area (Å²) in [6, 6.07) is 5.15. The van der Waals surface area contributed by atoms with Gasteiger partial charge in [0.05, 0.1) is 28.2 Å². The summed E-state index contributed by atoms with van der Waals surface area (Å²) in [5.74, 6) is -0.564. The van der Waals surface area contributed by atoms with E-state index in [0.29, 0.717) is 27.3 Å². The van der Waals surface area contributed by atoms with Crippen molar-refractivity contribution < 1.29 is 26.0 Å². The van der Waals surface area contributed by atoms with Crippen LogP contribution in [0.1, 0.15) is 0 Å². The van der Waals surface area contributed by atoms with E-state index in [1.54, 1.807) is 17.6 Å². The zero-order chi connectivity index (χ0) is 21.7. The van der Waals surface area contributed by atoms with Crippen molar-refractivity contribution in [3.8, 4) is 21.8 Å². The molecule has 4 aromatic rings. The van der Waals surface area contributed by atoms with Crippen LogP contribution in [0.3, 0.4) is 0 Å². The van der Waals surface area contributed by atoms with E-state index in [9.17, 15) is 26.0 Å². The van der Waals surface area contributed by atoms with Crippen LogP contribution in [-0.2, 0) is 10.0 Å². The van der Waals surface area contributed by atoms with Gasteiger partial charge < -0.3 is 4.98 Å². The summed E-state index contributed by atoms with van der Waals surface area (Å²) in [5, 5.41) is 2.47. The van der Waals surface area contributed by atoms with E-state index in [0.717, 1.165) is 29.7 Å². The summed E-state index contributed by atoms with van der Waals surface area (Å²) in [5.41, 5.74) is -4.38. The number of thiazole rings is 1. The number of aromatic amines is 1. The van der Waals surface area contributed by atoms with Gasteiger partial charge in [-0.2, -0.15) is 21.6 Å². The Labute approximate surface area is 175 Å². The number of fused-ring (bicyclic) bond motifs is 1. The average molecular weight is 477 g/mol. The number of benzene rings is 1. The highest BCUT2D eigenvalue weighted by atomic mass is 35.5. The molecule has 1 aromatic carbocycles. The molecule has 30 heavy (non-hydrogen) atoms. The van der Waals surface area contributed by atoms with Gasteiger partial charge in [0.2, 0.25) is 0 Å². The van der Waals surface area contributed by atoms with Crippen molar-refractivity contribution in [1.82, 2.24) is 15.0 Å². The lowest BCUT2D eigenvalue weighted by atomic mass is 10.1. The van der Waals surface area contributed by atoms with E-state index in [2.05, 4.69) is 15.0 Å². The van der Waals surface area contributed by atoms with Gasteiger partial charge in [0.25, 0.3) is 0 Å². The summed E-state index contributed by atoms with van der Waals surface area (Å²) in [7, 11) is -5.57. The molecule has 0 atom stereocenters. The van der Waals surface area contributed by atoms with Crippen molar-refractivity contribution in [2.75, 3.05) is 4.72 Å². The molecule has 156 valence electrons. The molecule has 0 amide bonds. The molecular weight excluding hydrogens is 468 g/mol. The van der Waals surface area contributed by atoms with Crippen molar-refractivity contribution in [2.24, 2.45) is 0 Å². The Hall–Kier alpha value is -2.70. The molecule has 6 nitrogen and oxygen atoms in total. The smallest absolute Gasteiger partial charge is 0.346 e. The minimum absolute atomic E-state index is 0.0313. The first-order valence-electron chi connectivity index (χ1n) is 8.03. The molecule has 0 aliphatic heterocycles. The van der Waals surface area contributed by atoms with Gasteiger partial charge in [-0.25, -0.2) is 14.4 Å². The second kappa shape index (κ2) is 7.22. The molecule has 3 aromatic heterocycles. The van der Waals surface area contributed by atoms with E-state index in [4.69, 9.17) is 11.6 Å². The molecule has 3 heterocycles. The zero-order valence-corrected chi connectivity index (χ0v) is 16.8. The van der Waals surface area contributed by atoms with Crippen molar-refractivity contribution >= 4 is 49.7 Å². The highest BCUT2D eigenvalue weighted by Crippen LogP contribution is 2.37. The van der Waals surface area contributed by atoms with E-state index >= 15 is 0 Å². The van der Waals surface area contributed by atoms with Crippen LogP contribution in [-0.4, -0.2) is 28.9 Å². The molecule has 13 heteroatoms. The Kier molecular flexibility index (Phi) is 4.95. The topological polar surface area (TPSA) is 87.7 Å². The SMILES string of the molecule is O=S(=O)(Nc1ccc(-c2csc(-c3c(F)cnc4[nH]ccc34)n2)c(Cl)c1)C(F)(F)F. The molecule has 4 rings (SSSR count). The van der Waals surface area contributed by atoms with Gasteiger partial charge in [-0.15, -0.1) is 11.3 Å². The molecule has 0 radical (unpaired) electrons. The van der Waals surface area contributed by atoms with Crippen LogP contribution in [0.25, 0.3) is 32.9 Å². The van der Waals surface area contributed by atoms with Crippen LogP contribution in [0.5, 0.6) is 0 Å². The van der Waals surface area contributed by atoms with E-state index in [-0.39, 0.29) is 16.3 Å². The van der Waals surface area contributed by atoms with Crippen molar-refractivity contribution in [1.29, 1.82) is 0 Å². The number of hydrogen-bond donors (Lipinski definition) is 2. The molecular formula is C17H9ClF4N4O2S2. The highest BCUT2D eigenvalue weighted by Gasteiger charge is 2.46. The average Bonchev–Trinajstić information content (AvgIpc) is 3.30. The standard InChI is InChI=1S/C17H9ClF4N4O2S2/c18-11-5-8(26-30(27,28)17(20,21)22)1-2-9(11)13-7-29-16(25-13)14-10-3-4-23-15(10)24-6-12(14)19/h1-7,26H,(H,23,24). The van der Waals surface area contributed by atoms with Gasteiger partial charge in [0, 0.05) is 22.5 Å². The number of pyridine rings is 1. The normalized spacial score (nSPS) is 12.4. The number of hydrogen-bond acceptors (Lipinski definition) is 5. The van der Waals surface area contributed by atoms with E-state index in [1.165, 1.54) is 10.8 Å². The molecule has 0 spiro atoms. The summed E-state index contributed by atoms with van der Waals surface area (Å²) < 4.78 is 75.8. The zero-order valence-electron chi connectivity index (χ0n) is 14.5. The number of rotatable bonds is 4. The number of nitrogens with one attached hydrogen (secondary N) is 2. The van der Waals surface area contributed by atoms with Crippen LogP contribution in [0.2, 0.25) is 5.02 Å². The second-order valence-corrected chi connectivity index (χ2v) is 8.94. The predicted molar refractivity (Wildman–Crippen MR) is 106 cm³/mol. The molecule has 0 fully saturated rings. The first-order chi connectivity index (χ1) is 14.1. The minimum atomic E-state index is -5.57. The van der Waals surface area contributed by atoms with Gasteiger partial charge in [0.15, 0.2) is 5.82 Å².